The highest BCUT2D eigenvalue weighted by molar-refractivity contribution is 7.91. The third kappa shape index (κ3) is 4.54. The minimum atomic E-state index is -2.98. The van der Waals surface area contributed by atoms with E-state index in [2.05, 4.69) is 10.6 Å². The summed E-state index contributed by atoms with van der Waals surface area (Å²) in [4.78, 5) is 11.6. The number of hydrogen-bond donors (Lipinski definition) is 2. The molecule has 0 aromatic heterocycles. The summed E-state index contributed by atoms with van der Waals surface area (Å²) in [5.74, 6) is 0.153. The summed E-state index contributed by atoms with van der Waals surface area (Å²) in [7, 11) is -2.98. The minimum Gasteiger partial charge on any atom is -0.334 e. The molecule has 108 valence electrons. The molecule has 0 spiro atoms. The largest absolute Gasteiger partial charge is 0.334 e. The van der Waals surface area contributed by atoms with Gasteiger partial charge in [0, 0.05) is 17.3 Å². The maximum absolute atomic E-state index is 11.6. The molecule has 1 aliphatic heterocycles. The van der Waals surface area contributed by atoms with Gasteiger partial charge in [0.05, 0.1) is 11.5 Å². The first-order valence-corrected chi connectivity index (χ1v) is 8.34. The number of carbonyl (C=O) groups is 1. The van der Waals surface area contributed by atoms with Crippen molar-refractivity contribution in [3.8, 4) is 0 Å². The predicted octanol–water partition coefficient (Wildman–Crippen LogP) is 1.80. The first-order valence-electron chi connectivity index (χ1n) is 6.14. The fraction of sp³-hybridized carbons (Fsp3) is 0.308. The van der Waals surface area contributed by atoms with Gasteiger partial charge < -0.3 is 10.6 Å². The summed E-state index contributed by atoms with van der Waals surface area (Å²) in [6.45, 7) is 0. The van der Waals surface area contributed by atoms with Crippen molar-refractivity contribution in [1.29, 1.82) is 0 Å². The van der Waals surface area contributed by atoms with Crippen LogP contribution < -0.4 is 10.6 Å². The van der Waals surface area contributed by atoms with Crippen LogP contribution in [0.4, 0.5) is 4.79 Å². The van der Waals surface area contributed by atoms with Crippen molar-refractivity contribution in [1.82, 2.24) is 10.6 Å². The van der Waals surface area contributed by atoms with Crippen LogP contribution in [-0.2, 0) is 9.84 Å². The molecular formula is C13H15ClN2O3S. The van der Waals surface area contributed by atoms with Crippen molar-refractivity contribution < 1.29 is 13.2 Å². The lowest BCUT2D eigenvalue weighted by Gasteiger charge is -2.09. The second-order valence-corrected chi connectivity index (χ2v) is 7.27. The molecule has 2 rings (SSSR count). The Hall–Kier alpha value is -1.53. The van der Waals surface area contributed by atoms with Gasteiger partial charge in [-0.2, -0.15) is 0 Å². The van der Waals surface area contributed by atoms with Crippen LogP contribution in [0.3, 0.4) is 0 Å². The van der Waals surface area contributed by atoms with Crippen molar-refractivity contribution in [3.05, 3.63) is 41.1 Å². The summed E-state index contributed by atoms with van der Waals surface area (Å²) in [6, 6.07) is 6.44. The topological polar surface area (TPSA) is 75.3 Å². The Bertz CT molecular complexity index is 611. The molecule has 1 aromatic carbocycles. The van der Waals surface area contributed by atoms with Gasteiger partial charge in [0.2, 0.25) is 0 Å². The second-order valence-electron chi connectivity index (χ2n) is 4.60. The summed E-state index contributed by atoms with van der Waals surface area (Å²) < 4.78 is 22.5. The van der Waals surface area contributed by atoms with Crippen LogP contribution in [0, 0.1) is 0 Å². The van der Waals surface area contributed by atoms with E-state index in [0.29, 0.717) is 11.4 Å². The lowest BCUT2D eigenvalue weighted by Crippen LogP contribution is -2.40. The summed E-state index contributed by atoms with van der Waals surface area (Å²) in [5.41, 5.74) is 0.901. The van der Waals surface area contributed by atoms with Crippen LogP contribution >= 0.6 is 11.6 Å². The van der Waals surface area contributed by atoms with Gasteiger partial charge >= 0.3 is 6.03 Å². The van der Waals surface area contributed by atoms with Crippen molar-refractivity contribution in [2.24, 2.45) is 0 Å². The van der Waals surface area contributed by atoms with Gasteiger partial charge in [-0.1, -0.05) is 23.7 Å². The average Bonchev–Trinajstić information content (AvgIpc) is 2.71. The van der Waals surface area contributed by atoms with Crippen LogP contribution in [0.1, 0.15) is 12.0 Å². The molecule has 1 saturated heterocycles. The monoisotopic (exact) mass is 314 g/mol. The number of benzene rings is 1. The van der Waals surface area contributed by atoms with Gasteiger partial charge in [-0.05, 0) is 30.2 Å². The maximum Gasteiger partial charge on any atom is 0.319 e. The third-order valence-electron chi connectivity index (χ3n) is 2.93. The van der Waals surface area contributed by atoms with E-state index in [4.69, 9.17) is 11.6 Å². The maximum atomic E-state index is 11.6. The van der Waals surface area contributed by atoms with Gasteiger partial charge in [0.25, 0.3) is 0 Å². The molecular weight excluding hydrogens is 300 g/mol. The lowest BCUT2D eigenvalue weighted by molar-refractivity contribution is 0.241. The second kappa shape index (κ2) is 6.28. The van der Waals surface area contributed by atoms with Crippen LogP contribution in [0.5, 0.6) is 0 Å². The molecule has 5 nitrogen and oxygen atoms in total. The van der Waals surface area contributed by atoms with Gasteiger partial charge in [-0.25, -0.2) is 13.2 Å². The molecule has 1 fully saturated rings. The predicted molar refractivity (Wildman–Crippen MR) is 79.2 cm³/mol. The molecule has 1 atom stereocenters. The van der Waals surface area contributed by atoms with Crippen LogP contribution in [-0.4, -0.2) is 32.0 Å². The Kier molecular flexibility index (Phi) is 4.67. The first-order chi connectivity index (χ1) is 9.44. The fourth-order valence-corrected chi connectivity index (χ4v) is 3.72. The van der Waals surface area contributed by atoms with E-state index in [1.807, 2.05) is 12.1 Å². The Morgan fingerprint density at radius 2 is 2.00 bits per heavy atom. The molecule has 0 radical (unpaired) electrons. The quantitative estimate of drug-likeness (QED) is 0.893. The van der Waals surface area contributed by atoms with Crippen molar-refractivity contribution >= 4 is 33.5 Å². The van der Waals surface area contributed by atoms with E-state index in [9.17, 15) is 13.2 Å². The number of carbonyl (C=O) groups excluding carboxylic acids is 1. The number of urea groups is 1. The Morgan fingerprint density at radius 1 is 1.30 bits per heavy atom. The summed E-state index contributed by atoms with van der Waals surface area (Å²) >= 11 is 5.76. The summed E-state index contributed by atoms with van der Waals surface area (Å²) in [5, 5.41) is 5.82. The molecule has 1 aromatic rings. The van der Waals surface area contributed by atoms with E-state index >= 15 is 0 Å². The van der Waals surface area contributed by atoms with Gasteiger partial charge in [-0.15, -0.1) is 0 Å². The van der Waals surface area contributed by atoms with Gasteiger partial charge in [0.1, 0.15) is 0 Å². The highest BCUT2D eigenvalue weighted by Gasteiger charge is 2.28. The van der Waals surface area contributed by atoms with E-state index in [-0.39, 0.29) is 17.5 Å². The number of hydrogen-bond acceptors (Lipinski definition) is 3. The van der Waals surface area contributed by atoms with Crippen molar-refractivity contribution in [2.45, 2.75) is 12.5 Å². The Morgan fingerprint density at radius 3 is 2.60 bits per heavy atom. The Balaban J connectivity index is 1.79. The average molecular weight is 315 g/mol. The normalized spacial score (nSPS) is 20.9. The molecule has 0 bridgehead atoms. The molecule has 1 unspecified atom stereocenters. The molecule has 2 N–H and O–H groups in total. The molecule has 7 heteroatoms. The molecule has 1 heterocycles. The molecule has 2 amide bonds. The molecule has 0 aliphatic carbocycles. The number of rotatable bonds is 3. The third-order valence-corrected chi connectivity index (χ3v) is 4.95. The zero-order valence-corrected chi connectivity index (χ0v) is 12.2. The Labute approximate surface area is 122 Å². The SMILES string of the molecule is O=C(N/C=C/c1ccc(Cl)cc1)NC1CCS(=O)(=O)C1. The summed E-state index contributed by atoms with van der Waals surface area (Å²) in [6.07, 6.45) is 3.69. The van der Waals surface area contributed by atoms with E-state index in [1.165, 1.54) is 6.20 Å². The zero-order chi connectivity index (χ0) is 14.6. The molecule has 0 saturated carbocycles. The van der Waals surface area contributed by atoms with Gasteiger partial charge in [0.15, 0.2) is 9.84 Å². The standard InChI is InChI=1S/C13H15ClN2O3S/c14-11-3-1-10(2-4-11)5-7-15-13(17)16-12-6-8-20(18,19)9-12/h1-5,7,12H,6,8-9H2,(H2,15,16,17)/b7-5+. The van der Waals surface area contributed by atoms with E-state index in [0.717, 1.165) is 5.56 Å². The highest BCUT2D eigenvalue weighted by Crippen LogP contribution is 2.11. The number of sulfone groups is 1. The number of nitrogens with one attached hydrogen (secondary N) is 2. The fourth-order valence-electron chi connectivity index (χ4n) is 1.92. The lowest BCUT2D eigenvalue weighted by atomic mass is 10.2. The first kappa shape index (κ1) is 14.9. The van der Waals surface area contributed by atoms with Crippen molar-refractivity contribution in [2.75, 3.05) is 11.5 Å². The highest BCUT2D eigenvalue weighted by atomic mass is 35.5. The molecule has 1 aliphatic rings. The van der Waals surface area contributed by atoms with Crippen molar-refractivity contribution in [3.63, 3.8) is 0 Å². The van der Waals surface area contributed by atoms with E-state index in [1.54, 1.807) is 18.2 Å². The smallest absolute Gasteiger partial charge is 0.319 e. The van der Waals surface area contributed by atoms with Crippen LogP contribution in [0.15, 0.2) is 30.5 Å². The van der Waals surface area contributed by atoms with Crippen LogP contribution in [0.25, 0.3) is 6.08 Å². The zero-order valence-electron chi connectivity index (χ0n) is 10.7. The minimum absolute atomic E-state index is 0.0152. The van der Waals surface area contributed by atoms with Crippen LogP contribution in [0.2, 0.25) is 5.02 Å². The number of amides is 2. The van der Waals surface area contributed by atoms with Gasteiger partial charge in [-0.3, -0.25) is 0 Å². The van der Waals surface area contributed by atoms with E-state index < -0.39 is 15.9 Å². The number of halogens is 1. The molecule has 20 heavy (non-hydrogen) atoms.